The smallest absolute Gasteiger partial charge is 0.346 e. The number of ether oxygens (including phenoxy) is 3. The lowest BCUT2D eigenvalue weighted by molar-refractivity contribution is -0.172. The number of rotatable bonds is 5. The van der Waals surface area contributed by atoms with Gasteiger partial charge in [-0.05, 0) is 43.6 Å². The summed E-state index contributed by atoms with van der Waals surface area (Å²) in [4.78, 5) is 35.8. The molecule has 1 unspecified atom stereocenters. The summed E-state index contributed by atoms with van der Waals surface area (Å²) in [5, 5.41) is 0. The molecule has 0 saturated heterocycles. The van der Waals surface area contributed by atoms with Crippen LogP contribution in [0.3, 0.4) is 0 Å². The van der Waals surface area contributed by atoms with Gasteiger partial charge in [-0.15, -0.1) is 0 Å². The minimum Gasteiger partial charge on any atom is -0.462 e. The average molecular weight is 428 g/mol. The summed E-state index contributed by atoms with van der Waals surface area (Å²) in [6, 6.07) is 0. The zero-order chi connectivity index (χ0) is 16.3. The van der Waals surface area contributed by atoms with Crippen molar-refractivity contribution < 1.29 is 28.6 Å². The lowest BCUT2D eigenvalue weighted by atomic mass is 10.0. The van der Waals surface area contributed by atoms with E-state index < -0.39 is 42.1 Å². The minimum atomic E-state index is -1.37. The van der Waals surface area contributed by atoms with Gasteiger partial charge in [0.1, 0.15) is 4.48 Å². The van der Waals surface area contributed by atoms with Crippen LogP contribution in [0.1, 0.15) is 27.7 Å². The van der Waals surface area contributed by atoms with E-state index in [1.165, 1.54) is 0 Å². The first-order valence-corrected chi connectivity index (χ1v) is 7.90. The molecule has 0 aliphatic carbocycles. The van der Waals surface area contributed by atoms with Crippen LogP contribution < -0.4 is 0 Å². The van der Waals surface area contributed by atoms with Gasteiger partial charge in [0.05, 0.1) is 16.7 Å². The molecule has 0 radical (unpaired) electrons. The Bertz CT molecular complexity index is 461. The fraction of sp³-hybridized carbons (Fsp3) is 0.615. The summed E-state index contributed by atoms with van der Waals surface area (Å²) in [6.07, 6.45) is -1.91. The molecule has 0 aromatic heterocycles. The largest absolute Gasteiger partial charge is 0.462 e. The molecule has 1 aliphatic rings. The quantitative estimate of drug-likeness (QED) is 0.381. The maximum Gasteiger partial charge on any atom is 0.346 e. The first-order chi connectivity index (χ1) is 9.65. The lowest BCUT2D eigenvalue weighted by Crippen LogP contribution is -2.40. The Morgan fingerprint density at radius 1 is 1.05 bits per heavy atom. The molecule has 0 saturated carbocycles. The van der Waals surface area contributed by atoms with Gasteiger partial charge in [-0.1, -0.05) is 15.9 Å². The SMILES string of the molecule is CC(C)OC(=O)C(C(=O)OC(C)C)C1OC(=O)C(Br)=C1Br. The molecule has 0 N–H and O–H groups in total. The van der Waals surface area contributed by atoms with Crippen LogP contribution in [-0.2, 0) is 28.6 Å². The fourth-order valence-electron chi connectivity index (χ4n) is 1.61. The molecule has 6 nitrogen and oxygen atoms in total. The van der Waals surface area contributed by atoms with E-state index in [0.29, 0.717) is 0 Å². The number of cyclic esters (lactones) is 1. The predicted molar refractivity (Wildman–Crippen MR) is 80.7 cm³/mol. The molecule has 0 aromatic rings. The van der Waals surface area contributed by atoms with E-state index in [-0.39, 0.29) is 8.96 Å². The van der Waals surface area contributed by atoms with Gasteiger partial charge in [-0.25, -0.2) is 4.79 Å². The highest BCUT2D eigenvalue weighted by Gasteiger charge is 2.47. The molecule has 0 amide bonds. The molecule has 1 heterocycles. The van der Waals surface area contributed by atoms with E-state index in [9.17, 15) is 14.4 Å². The maximum absolute atomic E-state index is 12.1. The number of carbonyl (C=O) groups is 3. The highest BCUT2D eigenvalue weighted by atomic mass is 79.9. The standard InChI is InChI=1S/C13H16Br2O6/c1-5(2)19-11(16)7(12(17)20-6(3)4)10-8(14)9(15)13(18)21-10/h5-7,10H,1-4H3. The van der Waals surface area contributed by atoms with Crippen molar-refractivity contribution in [2.24, 2.45) is 5.92 Å². The van der Waals surface area contributed by atoms with E-state index in [0.717, 1.165) is 0 Å². The third-order valence-corrected chi connectivity index (χ3v) is 4.52. The molecular weight excluding hydrogens is 412 g/mol. The Kier molecular flexibility index (Phi) is 6.40. The second kappa shape index (κ2) is 7.40. The van der Waals surface area contributed by atoms with Gasteiger partial charge in [0, 0.05) is 0 Å². The van der Waals surface area contributed by atoms with E-state index in [1.807, 2.05) is 0 Å². The van der Waals surface area contributed by atoms with Gasteiger partial charge in [-0.3, -0.25) is 9.59 Å². The van der Waals surface area contributed by atoms with Gasteiger partial charge in [0.15, 0.2) is 12.0 Å². The van der Waals surface area contributed by atoms with Gasteiger partial charge < -0.3 is 14.2 Å². The number of hydrogen-bond donors (Lipinski definition) is 0. The molecular formula is C13H16Br2O6. The van der Waals surface area contributed by atoms with Crippen LogP contribution in [0.25, 0.3) is 0 Å². The zero-order valence-corrected chi connectivity index (χ0v) is 15.2. The zero-order valence-electron chi connectivity index (χ0n) is 12.0. The molecule has 1 atom stereocenters. The molecule has 0 aromatic carbocycles. The van der Waals surface area contributed by atoms with E-state index in [4.69, 9.17) is 14.2 Å². The number of halogens is 2. The van der Waals surface area contributed by atoms with Gasteiger partial charge in [-0.2, -0.15) is 0 Å². The number of carbonyl (C=O) groups excluding carboxylic acids is 3. The molecule has 0 spiro atoms. The third kappa shape index (κ3) is 4.54. The van der Waals surface area contributed by atoms with Crippen LogP contribution in [0.4, 0.5) is 0 Å². The van der Waals surface area contributed by atoms with Crippen LogP contribution >= 0.6 is 31.9 Å². The molecule has 0 fully saturated rings. The molecule has 0 bridgehead atoms. The van der Waals surface area contributed by atoms with Crippen molar-refractivity contribution in [2.45, 2.75) is 46.0 Å². The Balaban J connectivity index is 3.06. The molecule has 1 aliphatic heterocycles. The summed E-state index contributed by atoms with van der Waals surface area (Å²) in [5.41, 5.74) is 0. The van der Waals surface area contributed by atoms with Crippen molar-refractivity contribution in [1.29, 1.82) is 0 Å². The summed E-state index contributed by atoms with van der Waals surface area (Å²) in [5.74, 6) is -3.63. The first kappa shape index (κ1) is 18.2. The summed E-state index contributed by atoms with van der Waals surface area (Å²) in [7, 11) is 0. The first-order valence-electron chi connectivity index (χ1n) is 6.32. The molecule has 1 rings (SSSR count). The van der Waals surface area contributed by atoms with Crippen molar-refractivity contribution in [1.82, 2.24) is 0 Å². The topological polar surface area (TPSA) is 78.9 Å². The van der Waals surface area contributed by atoms with Crippen LogP contribution in [0.2, 0.25) is 0 Å². The van der Waals surface area contributed by atoms with Gasteiger partial charge in [0.25, 0.3) is 0 Å². The summed E-state index contributed by atoms with van der Waals surface area (Å²) >= 11 is 6.18. The molecule has 118 valence electrons. The fourth-order valence-corrected chi connectivity index (χ4v) is 2.45. The van der Waals surface area contributed by atoms with Crippen LogP contribution in [0.15, 0.2) is 8.96 Å². The van der Waals surface area contributed by atoms with Crippen molar-refractivity contribution in [3.8, 4) is 0 Å². The Labute approximate surface area is 139 Å². The van der Waals surface area contributed by atoms with Gasteiger partial charge in [0.2, 0.25) is 0 Å². The second-order valence-corrected chi connectivity index (χ2v) is 6.58. The van der Waals surface area contributed by atoms with Crippen LogP contribution in [-0.4, -0.2) is 36.2 Å². The third-order valence-electron chi connectivity index (χ3n) is 2.39. The predicted octanol–water partition coefficient (Wildman–Crippen LogP) is 2.43. The van der Waals surface area contributed by atoms with Crippen LogP contribution in [0, 0.1) is 5.92 Å². The monoisotopic (exact) mass is 426 g/mol. The maximum atomic E-state index is 12.1. The van der Waals surface area contributed by atoms with Crippen molar-refractivity contribution >= 4 is 49.8 Å². The summed E-state index contributed by atoms with van der Waals surface area (Å²) < 4.78 is 15.6. The Morgan fingerprint density at radius 2 is 1.48 bits per heavy atom. The number of esters is 3. The van der Waals surface area contributed by atoms with Crippen molar-refractivity contribution in [2.75, 3.05) is 0 Å². The highest BCUT2D eigenvalue weighted by molar-refractivity contribution is 9.14. The summed E-state index contributed by atoms with van der Waals surface area (Å²) in [6.45, 7) is 6.63. The lowest BCUT2D eigenvalue weighted by Gasteiger charge is -2.22. The average Bonchev–Trinajstić information content (AvgIpc) is 2.55. The normalized spacial score (nSPS) is 18.5. The highest BCUT2D eigenvalue weighted by Crippen LogP contribution is 2.36. The van der Waals surface area contributed by atoms with E-state index in [1.54, 1.807) is 27.7 Å². The van der Waals surface area contributed by atoms with Crippen molar-refractivity contribution in [3.05, 3.63) is 8.96 Å². The molecule has 21 heavy (non-hydrogen) atoms. The molecule has 8 heteroatoms. The van der Waals surface area contributed by atoms with E-state index >= 15 is 0 Å². The van der Waals surface area contributed by atoms with Crippen molar-refractivity contribution in [3.63, 3.8) is 0 Å². The van der Waals surface area contributed by atoms with Gasteiger partial charge >= 0.3 is 17.9 Å². The number of hydrogen-bond acceptors (Lipinski definition) is 6. The Hall–Kier alpha value is -0.890. The Morgan fingerprint density at radius 3 is 1.76 bits per heavy atom. The van der Waals surface area contributed by atoms with Crippen LogP contribution in [0.5, 0.6) is 0 Å². The second-order valence-electron chi connectivity index (χ2n) is 4.94. The minimum absolute atomic E-state index is 0.132. The van der Waals surface area contributed by atoms with E-state index in [2.05, 4.69) is 31.9 Å².